The molecule has 1 aromatic heterocycles. The first-order valence-electron chi connectivity index (χ1n) is 7.71. The summed E-state index contributed by atoms with van der Waals surface area (Å²) in [5.74, 6) is 0.230. The van der Waals surface area contributed by atoms with E-state index in [1.165, 1.54) is 0 Å². The summed E-state index contributed by atoms with van der Waals surface area (Å²) >= 11 is 3.44. The topological polar surface area (TPSA) is 67.6 Å². The molecular weight excluding hydrogens is 376 g/mol. The molecule has 1 heterocycles. The molecule has 0 aliphatic rings. The van der Waals surface area contributed by atoms with Gasteiger partial charge >= 0.3 is 0 Å². The summed E-state index contributed by atoms with van der Waals surface area (Å²) in [5.41, 5.74) is 8.91. The van der Waals surface area contributed by atoms with Crippen molar-refractivity contribution in [3.63, 3.8) is 0 Å². The van der Waals surface area contributed by atoms with Crippen LogP contribution in [0.15, 0.2) is 71.2 Å². The van der Waals surface area contributed by atoms with Crippen LogP contribution in [0, 0.1) is 11.3 Å². The Morgan fingerprint density at radius 2 is 1.68 bits per heavy atom. The average Bonchev–Trinajstić information content (AvgIpc) is 2.98. The molecule has 0 bridgehead atoms. The lowest BCUT2D eigenvalue weighted by atomic mass is 9.99. The van der Waals surface area contributed by atoms with Gasteiger partial charge in [-0.25, -0.2) is 4.68 Å². The molecule has 3 aromatic carbocycles. The Labute approximate surface area is 153 Å². The first-order chi connectivity index (χ1) is 12.2. The minimum absolute atomic E-state index is 0.230. The van der Waals surface area contributed by atoms with Gasteiger partial charge < -0.3 is 5.73 Å². The molecular formula is C20H13BrN4. The van der Waals surface area contributed by atoms with E-state index < -0.39 is 0 Å². The SMILES string of the molecule is N#Cc1c(N)nn(-c2ccc(Br)cc2)c1-c1cccc2ccccc12. The maximum absolute atomic E-state index is 9.65. The van der Waals surface area contributed by atoms with Gasteiger partial charge in [-0.15, -0.1) is 5.10 Å². The van der Waals surface area contributed by atoms with Crippen LogP contribution in [0.3, 0.4) is 0 Å². The summed E-state index contributed by atoms with van der Waals surface area (Å²) < 4.78 is 2.71. The number of fused-ring (bicyclic) bond motifs is 1. The maximum atomic E-state index is 9.65. The number of rotatable bonds is 2. The third kappa shape index (κ3) is 2.57. The van der Waals surface area contributed by atoms with Gasteiger partial charge in [-0.1, -0.05) is 58.4 Å². The highest BCUT2D eigenvalue weighted by atomic mass is 79.9. The number of nitriles is 1. The van der Waals surface area contributed by atoms with Gasteiger partial charge in [-0.3, -0.25) is 0 Å². The lowest BCUT2D eigenvalue weighted by molar-refractivity contribution is 0.894. The van der Waals surface area contributed by atoms with E-state index in [1.807, 2.05) is 54.6 Å². The van der Waals surface area contributed by atoms with Gasteiger partial charge in [-0.05, 0) is 35.0 Å². The molecule has 0 fully saturated rings. The monoisotopic (exact) mass is 388 g/mol. The van der Waals surface area contributed by atoms with E-state index in [2.05, 4.69) is 39.2 Å². The molecule has 0 amide bonds. The molecule has 0 atom stereocenters. The van der Waals surface area contributed by atoms with E-state index >= 15 is 0 Å². The first-order valence-corrected chi connectivity index (χ1v) is 8.51. The van der Waals surface area contributed by atoms with E-state index in [9.17, 15) is 5.26 Å². The summed E-state index contributed by atoms with van der Waals surface area (Å²) in [6.07, 6.45) is 0. The zero-order valence-electron chi connectivity index (χ0n) is 13.1. The van der Waals surface area contributed by atoms with Crippen LogP contribution in [0.4, 0.5) is 5.82 Å². The van der Waals surface area contributed by atoms with Crippen molar-refractivity contribution in [1.29, 1.82) is 5.26 Å². The van der Waals surface area contributed by atoms with Crippen LogP contribution in [0.1, 0.15) is 5.56 Å². The summed E-state index contributed by atoms with van der Waals surface area (Å²) in [6.45, 7) is 0. The van der Waals surface area contributed by atoms with Gasteiger partial charge in [0.25, 0.3) is 0 Å². The Kier molecular flexibility index (Phi) is 3.75. The highest BCUT2D eigenvalue weighted by Gasteiger charge is 2.20. The molecule has 0 aliphatic heterocycles. The van der Waals surface area contributed by atoms with E-state index in [-0.39, 0.29) is 5.82 Å². The Bertz CT molecular complexity index is 1120. The highest BCUT2D eigenvalue weighted by Crippen LogP contribution is 2.34. The number of nitrogens with zero attached hydrogens (tertiary/aromatic N) is 3. The van der Waals surface area contributed by atoms with E-state index in [0.717, 1.165) is 26.5 Å². The van der Waals surface area contributed by atoms with Gasteiger partial charge in [0.05, 0.1) is 11.4 Å². The molecule has 0 saturated heterocycles. The summed E-state index contributed by atoms with van der Waals surface area (Å²) in [5, 5.41) is 16.2. The number of hydrogen-bond acceptors (Lipinski definition) is 3. The minimum atomic E-state index is 0.230. The van der Waals surface area contributed by atoms with Crippen LogP contribution in [0.5, 0.6) is 0 Å². The second-order valence-electron chi connectivity index (χ2n) is 5.64. The second-order valence-corrected chi connectivity index (χ2v) is 6.55. The van der Waals surface area contributed by atoms with Crippen molar-refractivity contribution in [2.45, 2.75) is 0 Å². The first kappa shape index (κ1) is 15.4. The van der Waals surface area contributed by atoms with Gasteiger partial charge in [0, 0.05) is 10.0 Å². The van der Waals surface area contributed by atoms with Crippen molar-refractivity contribution in [1.82, 2.24) is 9.78 Å². The highest BCUT2D eigenvalue weighted by molar-refractivity contribution is 9.10. The fourth-order valence-corrected chi connectivity index (χ4v) is 3.26. The standard InChI is InChI=1S/C20H13BrN4/c21-14-8-10-15(11-9-14)25-19(18(12-22)20(23)24-25)17-7-3-5-13-4-1-2-6-16(13)17/h1-11H,(H2,23,24). The Balaban J connectivity index is 2.07. The number of nitrogen functional groups attached to an aromatic ring is 1. The lowest BCUT2D eigenvalue weighted by Gasteiger charge is -2.11. The second kappa shape index (κ2) is 6.08. The summed E-state index contributed by atoms with van der Waals surface area (Å²) in [4.78, 5) is 0. The van der Waals surface area contributed by atoms with Crippen LogP contribution in [0.2, 0.25) is 0 Å². The molecule has 4 aromatic rings. The number of aromatic nitrogens is 2. The normalized spacial score (nSPS) is 10.7. The van der Waals surface area contributed by atoms with Gasteiger partial charge in [0.2, 0.25) is 0 Å². The molecule has 2 N–H and O–H groups in total. The molecule has 0 spiro atoms. The molecule has 0 radical (unpaired) electrons. The number of hydrogen-bond donors (Lipinski definition) is 1. The average molecular weight is 389 g/mol. The molecule has 5 heteroatoms. The predicted octanol–water partition coefficient (Wildman–Crippen LogP) is 4.91. The van der Waals surface area contributed by atoms with Crippen molar-refractivity contribution in [2.75, 3.05) is 5.73 Å². The molecule has 0 unspecified atom stereocenters. The number of nitrogens with two attached hydrogens (primary N) is 1. The zero-order valence-corrected chi connectivity index (χ0v) is 14.7. The van der Waals surface area contributed by atoms with E-state index in [1.54, 1.807) is 4.68 Å². The van der Waals surface area contributed by atoms with Gasteiger partial charge in [0.1, 0.15) is 11.6 Å². The van der Waals surface area contributed by atoms with Gasteiger partial charge in [-0.2, -0.15) is 5.26 Å². The molecule has 4 rings (SSSR count). The largest absolute Gasteiger partial charge is 0.381 e. The molecule has 25 heavy (non-hydrogen) atoms. The molecule has 0 saturated carbocycles. The number of halogens is 1. The fourth-order valence-electron chi connectivity index (χ4n) is 2.99. The van der Waals surface area contributed by atoms with Crippen molar-refractivity contribution in [3.05, 3.63) is 76.8 Å². The Hall–Kier alpha value is -3.10. The van der Waals surface area contributed by atoms with Crippen LogP contribution in [-0.4, -0.2) is 9.78 Å². The Morgan fingerprint density at radius 3 is 2.44 bits per heavy atom. The smallest absolute Gasteiger partial charge is 0.164 e. The van der Waals surface area contributed by atoms with Crippen LogP contribution < -0.4 is 5.73 Å². The third-order valence-corrected chi connectivity index (χ3v) is 4.67. The van der Waals surface area contributed by atoms with Gasteiger partial charge in [0.15, 0.2) is 5.82 Å². The van der Waals surface area contributed by atoms with Crippen molar-refractivity contribution >= 4 is 32.5 Å². The van der Waals surface area contributed by atoms with Crippen LogP contribution >= 0.6 is 15.9 Å². The summed E-state index contributed by atoms with van der Waals surface area (Å²) in [7, 11) is 0. The van der Waals surface area contributed by atoms with Crippen LogP contribution in [-0.2, 0) is 0 Å². The van der Waals surface area contributed by atoms with Crippen molar-refractivity contribution < 1.29 is 0 Å². The third-order valence-electron chi connectivity index (χ3n) is 4.14. The number of benzene rings is 3. The molecule has 4 nitrogen and oxygen atoms in total. The fraction of sp³-hybridized carbons (Fsp3) is 0. The molecule has 120 valence electrons. The maximum Gasteiger partial charge on any atom is 0.164 e. The lowest BCUT2D eigenvalue weighted by Crippen LogP contribution is -2.00. The van der Waals surface area contributed by atoms with Crippen LogP contribution in [0.25, 0.3) is 27.7 Å². The predicted molar refractivity (Wildman–Crippen MR) is 103 cm³/mol. The zero-order chi connectivity index (χ0) is 17.4. The van der Waals surface area contributed by atoms with Crippen molar-refractivity contribution in [2.24, 2.45) is 0 Å². The van der Waals surface area contributed by atoms with Crippen molar-refractivity contribution in [3.8, 4) is 23.0 Å². The molecule has 0 aliphatic carbocycles. The minimum Gasteiger partial charge on any atom is -0.381 e. The van der Waals surface area contributed by atoms with E-state index in [0.29, 0.717) is 11.3 Å². The summed E-state index contributed by atoms with van der Waals surface area (Å²) in [6, 6.07) is 24.1. The quantitative estimate of drug-likeness (QED) is 0.530. The van der Waals surface area contributed by atoms with E-state index in [4.69, 9.17) is 5.73 Å². The number of anilines is 1. The Morgan fingerprint density at radius 1 is 0.960 bits per heavy atom.